The number of hydrogen-bond donors (Lipinski definition) is 1. The Labute approximate surface area is 155 Å². The van der Waals surface area contributed by atoms with Gasteiger partial charge in [-0.3, -0.25) is 9.89 Å². The summed E-state index contributed by atoms with van der Waals surface area (Å²) < 4.78 is 22.9. The molecule has 0 spiro atoms. The Balaban J connectivity index is 1.77. The number of thioether (sulfide) groups is 1. The Bertz CT molecular complexity index is 660. The van der Waals surface area contributed by atoms with Crippen molar-refractivity contribution in [3.8, 4) is 0 Å². The van der Waals surface area contributed by atoms with Crippen LogP contribution in [0, 0.1) is 0 Å². The standard InChI is InChI=1S/C17H28N4O2S2/c1-18-17(19-8-9-21-10-12-25(22,23)13-11-21)20(2)14-15-4-6-16(24-3)7-5-15/h4-7H,8-14H2,1-3H3,(H,18,19). The third kappa shape index (κ3) is 6.52. The van der Waals surface area contributed by atoms with Crippen molar-refractivity contribution in [3.63, 3.8) is 0 Å². The Morgan fingerprint density at radius 3 is 2.48 bits per heavy atom. The summed E-state index contributed by atoms with van der Waals surface area (Å²) in [5.74, 6) is 1.39. The number of sulfone groups is 1. The van der Waals surface area contributed by atoms with Crippen molar-refractivity contribution in [3.05, 3.63) is 29.8 Å². The quantitative estimate of drug-likeness (QED) is 0.451. The first-order valence-corrected chi connectivity index (χ1v) is 11.5. The van der Waals surface area contributed by atoms with E-state index >= 15 is 0 Å². The number of aliphatic imine (C=N–C) groups is 1. The van der Waals surface area contributed by atoms with E-state index in [9.17, 15) is 8.42 Å². The van der Waals surface area contributed by atoms with Crippen molar-refractivity contribution >= 4 is 27.6 Å². The third-order valence-electron chi connectivity index (χ3n) is 4.30. The second-order valence-corrected chi connectivity index (χ2v) is 9.35. The maximum absolute atomic E-state index is 11.5. The molecule has 1 aliphatic rings. The van der Waals surface area contributed by atoms with E-state index in [4.69, 9.17) is 0 Å². The van der Waals surface area contributed by atoms with Crippen molar-refractivity contribution in [2.45, 2.75) is 11.4 Å². The van der Waals surface area contributed by atoms with Crippen LogP contribution in [0.5, 0.6) is 0 Å². The monoisotopic (exact) mass is 384 g/mol. The molecule has 0 amide bonds. The summed E-state index contributed by atoms with van der Waals surface area (Å²) in [6.07, 6.45) is 2.07. The zero-order valence-electron chi connectivity index (χ0n) is 15.2. The fraction of sp³-hybridized carbons (Fsp3) is 0.588. The van der Waals surface area contributed by atoms with E-state index in [2.05, 4.69) is 50.6 Å². The summed E-state index contributed by atoms with van der Waals surface area (Å²) in [4.78, 5) is 9.87. The molecule has 6 nitrogen and oxygen atoms in total. The molecule has 140 valence electrons. The molecule has 1 aliphatic heterocycles. The number of guanidine groups is 1. The largest absolute Gasteiger partial charge is 0.355 e. The smallest absolute Gasteiger partial charge is 0.193 e. The molecule has 8 heteroatoms. The van der Waals surface area contributed by atoms with Crippen LogP contribution in [0.15, 0.2) is 34.2 Å². The highest BCUT2D eigenvalue weighted by Gasteiger charge is 2.21. The molecule has 1 fully saturated rings. The van der Waals surface area contributed by atoms with Crippen LogP contribution < -0.4 is 5.32 Å². The Hall–Kier alpha value is -1.25. The molecule has 0 atom stereocenters. The molecule has 0 saturated carbocycles. The summed E-state index contributed by atoms with van der Waals surface area (Å²) in [6, 6.07) is 8.55. The fourth-order valence-electron chi connectivity index (χ4n) is 2.76. The fourth-order valence-corrected chi connectivity index (χ4v) is 4.45. The van der Waals surface area contributed by atoms with Gasteiger partial charge in [-0.25, -0.2) is 8.42 Å². The second-order valence-electron chi connectivity index (χ2n) is 6.17. The second kappa shape index (κ2) is 9.45. The molecule has 0 aliphatic carbocycles. The lowest BCUT2D eigenvalue weighted by Crippen LogP contribution is -2.46. The number of nitrogens with one attached hydrogen (secondary N) is 1. The van der Waals surface area contributed by atoms with E-state index in [0.717, 1.165) is 25.6 Å². The average Bonchev–Trinajstić information content (AvgIpc) is 2.60. The minimum absolute atomic E-state index is 0.271. The van der Waals surface area contributed by atoms with Gasteiger partial charge in [0.2, 0.25) is 0 Å². The van der Waals surface area contributed by atoms with Gasteiger partial charge < -0.3 is 10.2 Å². The van der Waals surface area contributed by atoms with Crippen LogP contribution in [-0.4, -0.2) is 82.2 Å². The van der Waals surface area contributed by atoms with Crippen molar-refractivity contribution in [2.24, 2.45) is 4.99 Å². The molecule has 25 heavy (non-hydrogen) atoms. The molecule has 0 radical (unpaired) electrons. The molecule has 1 aromatic carbocycles. The van der Waals surface area contributed by atoms with Crippen molar-refractivity contribution in [2.75, 3.05) is 58.0 Å². The number of nitrogens with zero attached hydrogens (tertiary/aromatic N) is 3. The van der Waals surface area contributed by atoms with E-state index in [1.54, 1.807) is 18.8 Å². The topological polar surface area (TPSA) is 65.0 Å². The van der Waals surface area contributed by atoms with E-state index in [-0.39, 0.29) is 11.5 Å². The van der Waals surface area contributed by atoms with Crippen LogP contribution in [-0.2, 0) is 16.4 Å². The molecule has 1 N–H and O–H groups in total. The van der Waals surface area contributed by atoms with Crippen LogP contribution in [0.3, 0.4) is 0 Å². The Kier molecular flexibility index (Phi) is 7.58. The molecule has 1 aromatic rings. The van der Waals surface area contributed by atoms with Gasteiger partial charge in [0, 0.05) is 51.7 Å². The van der Waals surface area contributed by atoms with E-state index in [0.29, 0.717) is 13.1 Å². The van der Waals surface area contributed by atoms with E-state index in [1.807, 2.05) is 7.05 Å². The van der Waals surface area contributed by atoms with Crippen LogP contribution in [0.1, 0.15) is 5.56 Å². The predicted octanol–water partition coefficient (Wildman–Crippen LogP) is 1.15. The number of benzene rings is 1. The highest BCUT2D eigenvalue weighted by Crippen LogP contribution is 2.15. The summed E-state index contributed by atoms with van der Waals surface area (Å²) in [6.45, 7) is 3.62. The summed E-state index contributed by atoms with van der Waals surface area (Å²) in [5, 5.41) is 3.36. The van der Waals surface area contributed by atoms with Gasteiger partial charge in [-0.05, 0) is 24.0 Å². The first kappa shape index (κ1) is 20.1. The van der Waals surface area contributed by atoms with Crippen molar-refractivity contribution < 1.29 is 8.42 Å². The average molecular weight is 385 g/mol. The zero-order valence-corrected chi connectivity index (χ0v) is 16.9. The van der Waals surface area contributed by atoms with Gasteiger partial charge in [0.15, 0.2) is 15.8 Å². The minimum atomic E-state index is -2.81. The molecule has 0 aromatic heterocycles. The zero-order chi connectivity index (χ0) is 18.3. The van der Waals surface area contributed by atoms with Gasteiger partial charge in [0.05, 0.1) is 11.5 Å². The van der Waals surface area contributed by atoms with Crippen LogP contribution in [0.25, 0.3) is 0 Å². The maximum atomic E-state index is 11.5. The van der Waals surface area contributed by atoms with E-state index in [1.165, 1.54) is 10.5 Å². The SMILES string of the molecule is CN=C(NCCN1CCS(=O)(=O)CC1)N(C)Cc1ccc(SC)cc1. The molecule has 1 heterocycles. The highest BCUT2D eigenvalue weighted by molar-refractivity contribution is 7.98. The molecule has 2 rings (SSSR count). The third-order valence-corrected chi connectivity index (χ3v) is 6.65. The molecular formula is C17H28N4O2S2. The molecular weight excluding hydrogens is 356 g/mol. The highest BCUT2D eigenvalue weighted by atomic mass is 32.2. The van der Waals surface area contributed by atoms with Crippen LogP contribution in [0.4, 0.5) is 0 Å². The van der Waals surface area contributed by atoms with Gasteiger partial charge in [-0.2, -0.15) is 0 Å². The van der Waals surface area contributed by atoms with Crippen molar-refractivity contribution in [1.82, 2.24) is 15.1 Å². The van der Waals surface area contributed by atoms with Crippen molar-refractivity contribution in [1.29, 1.82) is 0 Å². The molecule has 1 saturated heterocycles. The van der Waals surface area contributed by atoms with Gasteiger partial charge in [-0.15, -0.1) is 11.8 Å². The van der Waals surface area contributed by atoms with E-state index < -0.39 is 9.84 Å². The van der Waals surface area contributed by atoms with Gasteiger partial charge >= 0.3 is 0 Å². The van der Waals surface area contributed by atoms with Gasteiger partial charge in [0.1, 0.15) is 0 Å². The Morgan fingerprint density at radius 2 is 1.92 bits per heavy atom. The van der Waals surface area contributed by atoms with Gasteiger partial charge in [0.25, 0.3) is 0 Å². The first-order valence-electron chi connectivity index (χ1n) is 8.41. The lowest BCUT2D eigenvalue weighted by molar-refractivity contribution is 0.298. The summed E-state index contributed by atoms with van der Waals surface area (Å²) >= 11 is 1.74. The predicted molar refractivity (Wildman–Crippen MR) is 106 cm³/mol. The minimum Gasteiger partial charge on any atom is -0.355 e. The summed E-state index contributed by atoms with van der Waals surface area (Å²) in [7, 11) is 0.990. The Morgan fingerprint density at radius 1 is 1.28 bits per heavy atom. The maximum Gasteiger partial charge on any atom is 0.193 e. The lowest BCUT2D eigenvalue weighted by Gasteiger charge is -2.28. The molecule has 0 bridgehead atoms. The lowest BCUT2D eigenvalue weighted by atomic mass is 10.2. The van der Waals surface area contributed by atoms with Gasteiger partial charge in [-0.1, -0.05) is 12.1 Å². The first-order chi connectivity index (χ1) is 11.9. The number of hydrogen-bond acceptors (Lipinski definition) is 5. The summed E-state index contributed by atoms with van der Waals surface area (Å²) in [5.41, 5.74) is 1.24. The normalized spacial score (nSPS) is 18.1. The van der Waals surface area contributed by atoms with Crippen LogP contribution >= 0.6 is 11.8 Å². The molecule has 0 unspecified atom stereocenters. The van der Waals surface area contributed by atoms with Crippen LogP contribution in [0.2, 0.25) is 0 Å². The number of rotatable bonds is 6.